The van der Waals surface area contributed by atoms with Crippen molar-refractivity contribution in [2.75, 3.05) is 6.61 Å². The molecule has 1 unspecified atom stereocenters. The monoisotopic (exact) mass is 296 g/mol. The number of hydrogen-bond donors (Lipinski definition) is 1. The normalized spacial score (nSPS) is 12.5. The number of rotatable bonds is 5. The standard InChI is InChI=1S/C18H20N2O2/c1-13-7-14(2)9-16(8-13)22-11-15(21)10-20-12-19-17-5-3-4-6-18(17)20/h3-9,12,15,21H,10-11H2,1-2H3. The van der Waals surface area contributed by atoms with Gasteiger partial charge >= 0.3 is 0 Å². The van der Waals surface area contributed by atoms with Crippen molar-refractivity contribution in [2.24, 2.45) is 0 Å². The van der Waals surface area contributed by atoms with Crippen LogP contribution in [0.4, 0.5) is 0 Å². The van der Waals surface area contributed by atoms with E-state index in [0.29, 0.717) is 6.54 Å². The van der Waals surface area contributed by atoms with Gasteiger partial charge in [-0.15, -0.1) is 0 Å². The van der Waals surface area contributed by atoms with Gasteiger partial charge in [0.05, 0.1) is 23.9 Å². The molecule has 114 valence electrons. The fourth-order valence-electron chi connectivity index (χ4n) is 2.64. The van der Waals surface area contributed by atoms with Crippen molar-refractivity contribution in [3.8, 4) is 5.75 Å². The Hall–Kier alpha value is -2.33. The second-order valence-corrected chi connectivity index (χ2v) is 5.67. The molecular weight excluding hydrogens is 276 g/mol. The molecule has 0 aliphatic carbocycles. The third-order valence-corrected chi connectivity index (χ3v) is 3.57. The van der Waals surface area contributed by atoms with Crippen LogP contribution in [0, 0.1) is 13.8 Å². The zero-order valence-electron chi connectivity index (χ0n) is 12.9. The number of benzene rings is 2. The number of ether oxygens (including phenoxy) is 1. The molecule has 22 heavy (non-hydrogen) atoms. The van der Waals surface area contributed by atoms with Gasteiger partial charge in [0.15, 0.2) is 0 Å². The Kier molecular flexibility index (Phi) is 4.11. The Morgan fingerprint density at radius 3 is 2.64 bits per heavy atom. The lowest BCUT2D eigenvalue weighted by atomic mass is 10.1. The number of imidazole rings is 1. The van der Waals surface area contributed by atoms with E-state index in [0.717, 1.165) is 27.9 Å². The first-order chi connectivity index (χ1) is 10.6. The molecule has 0 fully saturated rings. The molecule has 0 aliphatic heterocycles. The quantitative estimate of drug-likeness (QED) is 0.787. The fraction of sp³-hybridized carbons (Fsp3) is 0.278. The summed E-state index contributed by atoms with van der Waals surface area (Å²) in [7, 11) is 0. The number of aryl methyl sites for hydroxylation is 2. The summed E-state index contributed by atoms with van der Waals surface area (Å²) in [4.78, 5) is 4.32. The van der Waals surface area contributed by atoms with Crippen LogP contribution in [0.15, 0.2) is 48.8 Å². The van der Waals surface area contributed by atoms with Gasteiger partial charge in [-0.2, -0.15) is 0 Å². The van der Waals surface area contributed by atoms with Gasteiger partial charge in [-0.3, -0.25) is 0 Å². The molecule has 0 amide bonds. The Labute approximate surface area is 130 Å². The molecule has 3 aromatic rings. The van der Waals surface area contributed by atoms with Crippen molar-refractivity contribution >= 4 is 11.0 Å². The van der Waals surface area contributed by atoms with Crippen molar-refractivity contribution in [3.05, 3.63) is 59.9 Å². The van der Waals surface area contributed by atoms with Crippen LogP contribution in [0.1, 0.15) is 11.1 Å². The molecule has 1 N–H and O–H groups in total. The van der Waals surface area contributed by atoms with Crippen LogP contribution in [0.5, 0.6) is 5.75 Å². The van der Waals surface area contributed by atoms with Gasteiger partial charge in [-0.1, -0.05) is 18.2 Å². The van der Waals surface area contributed by atoms with E-state index in [4.69, 9.17) is 4.74 Å². The lowest BCUT2D eigenvalue weighted by molar-refractivity contribution is 0.0933. The summed E-state index contributed by atoms with van der Waals surface area (Å²) in [6, 6.07) is 13.9. The molecule has 0 radical (unpaired) electrons. The molecule has 0 spiro atoms. The fourth-order valence-corrected chi connectivity index (χ4v) is 2.64. The van der Waals surface area contributed by atoms with E-state index in [1.807, 2.05) is 54.8 Å². The topological polar surface area (TPSA) is 47.3 Å². The molecule has 4 heteroatoms. The van der Waals surface area contributed by atoms with Crippen LogP contribution >= 0.6 is 0 Å². The molecule has 1 heterocycles. The molecule has 1 atom stereocenters. The number of aromatic nitrogens is 2. The number of nitrogens with zero attached hydrogens (tertiary/aromatic N) is 2. The number of hydrogen-bond acceptors (Lipinski definition) is 3. The lowest BCUT2D eigenvalue weighted by Gasteiger charge is -2.14. The van der Waals surface area contributed by atoms with Crippen LogP contribution in [0.3, 0.4) is 0 Å². The SMILES string of the molecule is Cc1cc(C)cc(OCC(O)Cn2cnc3ccccc32)c1. The summed E-state index contributed by atoms with van der Waals surface area (Å²) in [5.74, 6) is 0.798. The van der Waals surface area contributed by atoms with Crippen LogP contribution in [0.2, 0.25) is 0 Å². The maximum atomic E-state index is 10.2. The maximum Gasteiger partial charge on any atom is 0.119 e. The van der Waals surface area contributed by atoms with Gasteiger partial charge in [0.25, 0.3) is 0 Å². The number of aliphatic hydroxyl groups excluding tert-OH is 1. The van der Waals surface area contributed by atoms with E-state index in [-0.39, 0.29) is 6.61 Å². The summed E-state index contributed by atoms with van der Waals surface area (Å²) in [6.07, 6.45) is 1.17. The summed E-state index contributed by atoms with van der Waals surface area (Å²) >= 11 is 0. The average Bonchev–Trinajstić information content (AvgIpc) is 2.88. The first-order valence-corrected chi connectivity index (χ1v) is 7.41. The predicted octanol–water partition coefficient (Wildman–Crippen LogP) is 3.09. The predicted molar refractivity (Wildman–Crippen MR) is 87.2 cm³/mol. The lowest BCUT2D eigenvalue weighted by Crippen LogP contribution is -2.23. The van der Waals surface area contributed by atoms with Gasteiger partial charge in [0, 0.05) is 0 Å². The number of fused-ring (bicyclic) bond motifs is 1. The van der Waals surface area contributed by atoms with Gasteiger partial charge in [-0.25, -0.2) is 4.98 Å². The maximum absolute atomic E-state index is 10.2. The highest BCUT2D eigenvalue weighted by molar-refractivity contribution is 5.74. The van der Waals surface area contributed by atoms with Crippen molar-refractivity contribution < 1.29 is 9.84 Å². The summed E-state index contributed by atoms with van der Waals surface area (Å²) in [6.45, 7) is 4.79. The van der Waals surface area contributed by atoms with E-state index in [1.165, 1.54) is 0 Å². The first-order valence-electron chi connectivity index (χ1n) is 7.41. The number of para-hydroxylation sites is 2. The van der Waals surface area contributed by atoms with Gasteiger partial charge in [0.2, 0.25) is 0 Å². The van der Waals surface area contributed by atoms with Crippen molar-refractivity contribution in [2.45, 2.75) is 26.5 Å². The van der Waals surface area contributed by atoms with Crippen LogP contribution in [0.25, 0.3) is 11.0 Å². The molecule has 1 aromatic heterocycles. The van der Waals surface area contributed by atoms with E-state index in [9.17, 15) is 5.11 Å². The molecule has 3 rings (SSSR count). The van der Waals surface area contributed by atoms with E-state index < -0.39 is 6.10 Å². The second kappa shape index (κ2) is 6.20. The highest BCUT2D eigenvalue weighted by Gasteiger charge is 2.09. The Balaban J connectivity index is 1.64. The van der Waals surface area contributed by atoms with Crippen LogP contribution in [-0.4, -0.2) is 27.4 Å². The van der Waals surface area contributed by atoms with E-state index >= 15 is 0 Å². The van der Waals surface area contributed by atoms with Crippen LogP contribution in [-0.2, 0) is 6.54 Å². The summed E-state index contributed by atoms with van der Waals surface area (Å²) in [5, 5.41) is 10.2. The van der Waals surface area contributed by atoms with Crippen LogP contribution < -0.4 is 4.74 Å². The molecule has 0 bridgehead atoms. The van der Waals surface area contributed by atoms with Crippen molar-refractivity contribution in [1.29, 1.82) is 0 Å². The van der Waals surface area contributed by atoms with Crippen molar-refractivity contribution in [3.63, 3.8) is 0 Å². The molecule has 0 saturated carbocycles. The summed E-state index contributed by atoms with van der Waals surface area (Å²) < 4.78 is 7.66. The Morgan fingerprint density at radius 1 is 1.14 bits per heavy atom. The van der Waals surface area contributed by atoms with Gasteiger partial charge in [-0.05, 0) is 49.2 Å². The highest BCUT2D eigenvalue weighted by Crippen LogP contribution is 2.17. The Bertz CT molecular complexity index is 759. The third kappa shape index (κ3) is 3.28. The summed E-state index contributed by atoms with van der Waals surface area (Å²) in [5.41, 5.74) is 4.27. The smallest absolute Gasteiger partial charge is 0.119 e. The van der Waals surface area contributed by atoms with Gasteiger partial charge < -0.3 is 14.4 Å². The minimum absolute atomic E-state index is 0.259. The highest BCUT2D eigenvalue weighted by atomic mass is 16.5. The molecule has 0 aliphatic rings. The average molecular weight is 296 g/mol. The van der Waals surface area contributed by atoms with E-state index in [1.54, 1.807) is 6.33 Å². The second-order valence-electron chi connectivity index (χ2n) is 5.67. The van der Waals surface area contributed by atoms with Gasteiger partial charge in [0.1, 0.15) is 18.5 Å². The largest absolute Gasteiger partial charge is 0.491 e. The first kappa shape index (κ1) is 14.6. The minimum Gasteiger partial charge on any atom is -0.491 e. The molecule has 4 nitrogen and oxygen atoms in total. The molecule has 2 aromatic carbocycles. The minimum atomic E-state index is -0.585. The number of aliphatic hydroxyl groups is 1. The zero-order chi connectivity index (χ0) is 15.5. The molecular formula is C18H20N2O2. The third-order valence-electron chi connectivity index (χ3n) is 3.57. The van der Waals surface area contributed by atoms with Crippen molar-refractivity contribution in [1.82, 2.24) is 9.55 Å². The van der Waals surface area contributed by atoms with E-state index in [2.05, 4.69) is 11.1 Å². The Morgan fingerprint density at radius 2 is 1.86 bits per heavy atom. The zero-order valence-corrected chi connectivity index (χ0v) is 12.9. The molecule has 0 saturated heterocycles.